The lowest BCUT2D eigenvalue weighted by Crippen LogP contribution is -1.87. The van der Waals surface area contributed by atoms with Crippen molar-refractivity contribution in [3.8, 4) is 0 Å². The molecule has 0 saturated heterocycles. The number of aromatic nitrogens is 1. The van der Waals surface area contributed by atoms with Gasteiger partial charge >= 0.3 is 0 Å². The van der Waals surface area contributed by atoms with Crippen molar-refractivity contribution in [1.29, 1.82) is 0 Å². The number of fused-ring (bicyclic) bond motifs is 6. The molecule has 4 rings (SSSR count). The van der Waals surface area contributed by atoms with Gasteiger partial charge in [0.05, 0.1) is 9.99 Å². The van der Waals surface area contributed by atoms with E-state index in [9.17, 15) is 0 Å². The fourth-order valence-corrected chi connectivity index (χ4v) is 3.36. The third kappa shape index (κ3) is 1.70. The van der Waals surface area contributed by atoms with Crippen molar-refractivity contribution < 1.29 is 0 Å². The first-order valence-corrected chi connectivity index (χ1v) is 7.89. The first kappa shape index (κ1) is 12.3. The molecule has 0 amide bonds. The van der Waals surface area contributed by atoms with E-state index < -0.39 is 0 Å². The summed E-state index contributed by atoms with van der Waals surface area (Å²) in [6, 6.07) is 19.1. The zero-order valence-electron chi connectivity index (χ0n) is 10.4. The van der Waals surface area contributed by atoms with Crippen LogP contribution in [0.5, 0.6) is 0 Å². The van der Waals surface area contributed by atoms with Gasteiger partial charge in [-0.1, -0.05) is 48.5 Å². The lowest BCUT2D eigenvalue weighted by molar-refractivity contribution is 1.34. The summed E-state index contributed by atoms with van der Waals surface area (Å²) in [6.07, 6.45) is 0. The van der Waals surface area contributed by atoms with E-state index in [0.29, 0.717) is 0 Å². The molecule has 1 aromatic heterocycles. The number of benzene rings is 3. The normalized spacial score (nSPS) is 11.5. The van der Waals surface area contributed by atoms with Gasteiger partial charge in [0.15, 0.2) is 0 Å². The zero-order valence-corrected chi connectivity index (χ0v) is 13.6. The molecule has 0 saturated carbocycles. The smallest absolute Gasteiger partial charge is 0.121 e. The maximum atomic E-state index is 4.72. The van der Waals surface area contributed by atoms with Crippen molar-refractivity contribution in [2.45, 2.75) is 0 Å². The average Bonchev–Trinajstić information content (AvgIpc) is 2.49. The highest BCUT2D eigenvalue weighted by molar-refractivity contribution is 9.13. The minimum absolute atomic E-state index is 0.838. The average molecular weight is 387 g/mol. The van der Waals surface area contributed by atoms with Gasteiger partial charge in [-0.15, -0.1) is 0 Å². The molecule has 0 spiro atoms. The molecule has 0 bridgehead atoms. The van der Waals surface area contributed by atoms with Gasteiger partial charge in [-0.2, -0.15) is 0 Å². The van der Waals surface area contributed by atoms with Crippen LogP contribution in [-0.2, 0) is 0 Å². The molecule has 0 aliphatic heterocycles. The molecule has 3 aromatic carbocycles. The Morgan fingerprint density at radius 2 is 1.15 bits per heavy atom. The number of pyridine rings is 1. The predicted octanol–water partition coefficient (Wildman–Crippen LogP) is 6.07. The number of hydrogen-bond acceptors (Lipinski definition) is 1. The van der Waals surface area contributed by atoms with E-state index in [2.05, 4.69) is 86.5 Å². The highest BCUT2D eigenvalue weighted by atomic mass is 79.9. The molecule has 1 nitrogen and oxygen atoms in total. The quantitative estimate of drug-likeness (QED) is 0.264. The Kier molecular flexibility index (Phi) is 2.79. The van der Waals surface area contributed by atoms with Crippen LogP contribution in [0.25, 0.3) is 32.4 Å². The van der Waals surface area contributed by atoms with E-state index in [1.807, 2.05) is 0 Å². The third-order valence-electron chi connectivity index (χ3n) is 3.62. The van der Waals surface area contributed by atoms with Crippen molar-refractivity contribution in [2.24, 2.45) is 0 Å². The largest absolute Gasteiger partial charge is 0.239 e. The summed E-state index contributed by atoms with van der Waals surface area (Å²) in [6.45, 7) is 0. The van der Waals surface area contributed by atoms with E-state index in [1.165, 1.54) is 26.9 Å². The number of nitrogens with zero attached hydrogens (tertiary/aromatic N) is 1. The first-order chi connectivity index (χ1) is 9.75. The second-order valence-electron chi connectivity index (χ2n) is 4.75. The molecule has 0 unspecified atom stereocenters. The van der Waals surface area contributed by atoms with Gasteiger partial charge in [0.2, 0.25) is 0 Å². The van der Waals surface area contributed by atoms with Crippen LogP contribution in [0.2, 0.25) is 0 Å². The molecule has 3 heteroatoms. The molecule has 0 radical (unpaired) electrons. The Balaban J connectivity index is 2.42. The Labute approximate surface area is 132 Å². The Bertz CT molecular complexity index is 896. The van der Waals surface area contributed by atoms with Crippen LogP contribution in [0.3, 0.4) is 0 Å². The summed E-state index contributed by atoms with van der Waals surface area (Å²) >= 11 is 7.06. The van der Waals surface area contributed by atoms with Crippen LogP contribution in [0, 0.1) is 0 Å². The number of hydrogen-bond donors (Lipinski definition) is 0. The van der Waals surface area contributed by atoms with Gasteiger partial charge in [0, 0.05) is 10.8 Å². The van der Waals surface area contributed by atoms with Gasteiger partial charge in [0.25, 0.3) is 0 Å². The SMILES string of the molecule is Brc1cc2c3ccccc3c3ccccc3c2nc1Br. The van der Waals surface area contributed by atoms with E-state index in [4.69, 9.17) is 4.98 Å². The lowest BCUT2D eigenvalue weighted by atomic mass is 9.97. The molecule has 0 N–H and O–H groups in total. The number of rotatable bonds is 0. The first-order valence-electron chi connectivity index (χ1n) is 6.31. The molecule has 0 aliphatic carbocycles. The highest BCUT2D eigenvalue weighted by Gasteiger charge is 2.11. The minimum atomic E-state index is 0.838. The summed E-state index contributed by atoms with van der Waals surface area (Å²) in [4.78, 5) is 4.72. The van der Waals surface area contributed by atoms with Gasteiger partial charge in [-0.3, -0.25) is 0 Å². The topological polar surface area (TPSA) is 12.9 Å². The van der Waals surface area contributed by atoms with E-state index >= 15 is 0 Å². The summed E-state index contributed by atoms with van der Waals surface area (Å²) < 4.78 is 1.82. The number of halogens is 2. The zero-order chi connectivity index (χ0) is 13.7. The summed E-state index contributed by atoms with van der Waals surface area (Å²) in [5.74, 6) is 0. The van der Waals surface area contributed by atoms with Crippen molar-refractivity contribution in [1.82, 2.24) is 4.98 Å². The Hall–Kier alpha value is -1.45. The Morgan fingerprint density at radius 3 is 1.80 bits per heavy atom. The summed E-state index contributed by atoms with van der Waals surface area (Å²) in [5, 5.41) is 6.12. The molecule has 20 heavy (non-hydrogen) atoms. The second kappa shape index (κ2) is 4.54. The molecule has 96 valence electrons. The lowest BCUT2D eigenvalue weighted by Gasteiger charge is -2.10. The van der Waals surface area contributed by atoms with Gasteiger partial charge in [0.1, 0.15) is 4.60 Å². The van der Waals surface area contributed by atoms with Crippen LogP contribution in [0.1, 0.15) is 0 Å². The predicted molar refractivity (Wildman–Crippen MR) is 92.2 cm³/mol. The molecule has 1 heterocycles. The van der Waals surface area contributed by atoms with E-state index in [-0.39, 0.29) is 0 Å². The van der Waals surface area contributed by atoms with Crippen LogP contribution >= 0.6 is 31.9 Å². The summed E-state index contributed by atoms with van der Waals surface area (Å²) in [5.41, 5.74) is 1.04. The molecular formula is C17H9Br2N. The second-order valence-corrected chi connectivity index (χ2v) is 6.35. The standard InChI is InChI=1S/C17H9Br2N/c18-15-9-14-12-7-2-1-5-10(12)11-6-3-4-8-13(11)16(14)20-17(15)19/h1-9H. The van der Waals surface area contributed by atoms with Crippen molar-refractivity contribution in [3.63, 3.8) is 0 Å². The van der Waals surface area contributed by atoms with Gasteiger partial charge in [-0.05, 0) is 54.1 Å². The molecular weight excluding hydrogens is 378 g/mol. The maximum Gasteiger partial charge on any atom is 0.121 e. The minimum Gasteiger partial charge on any atom is -0.239 e. The van der Waals surface area contributed by atoms with Crippen molar-refractivity contribution >= 4 is 64.3 Å². The summed E-state index contributed by atoms with van der Waals surface area (Å²) in [7, 11) is 0. The van der Waals surface area contributed by atoms with Crippen LogP contribution < -0.4 is 0 Å². The van der Waals surface area contributed by atoms with Gasteiger partial charge < -0.3 is 0 Å². The molecule has 0 atom stereocenters. The fourth-order valence-electron chi connectivity index (χ4n) is 2.75. The van der Waals surface area contributed by atoms with Crippen molar-refractivity contribution in [3.05, 3.63) is 63.7 Å². The van der Waals surface area contributed by atoms with Crippen LogP contribution in [0.4, 0.5) is 0 Å². The van der Waals surface area contributed by atoms with Crippen LogP contribution in [-0.4, -0.2) is 4.98 Å². The maximum absolute atomic E-state index is 4.72. The van der Waals surface area contributed by atoms with Crippen LogP contribution in [0.15, 0.2) is 63.7 Å². The highest BCUT2D eigenvalue weighted by Crippen LogP contribution is 2.36. The van der Waals surface area contributed by atoms with E-state index in [0.717, 1.165) is 14.6 Å². The molecule has 0 aliphatic rings. The fraction of sp³-hybridized carbons (Fsp3) is 0. The Morgan fingerprint density at radius 1 is 0.650 bits per heavy atom. The monoisotopic (exact) mass is 385 g/mol. The molecule has 0 fully saturated rings. The van der Waals surface area contributed by atoms with Crippen molar-refractivity contribution in [2.75, 3.05) is 0 Å². The molecule has 4 aromatic rings. The third-order valence-corrected chi connectivity index (χ3v) is 5.36. The van der Waals surface area contributed by atoms with E-state index in [1.54, 1.807) is 0 Å². The van der Waals surface area contributed by atoms with Gasteiger partial charge in [-0.25, -0.2) is 4.98 Å².